The minimum Gasteiger partial charge on any atom is -0.481 e. The van der Waals surface area contributed by atoms with E-state index >= 15 is 0 Å². The van der Waals surface area contributed by atoms with Gasteiger partial charge in [-0.05, 0) is 0 Å². The second-order valence-corrected chi connectivity index (χ2v) is 2.80. The number of rotatable bonds is 4. The van der Waals surface area contributed by atoms with E-state index in [1.165, 1.54) is 13.1 Å². The Kier molecular flexibility index (Phi) is 3.16. The summed E-state index contributed by atoms with van der Waals surface area (Å²) in [5.41, 5.74) is 0.141. The van der Waals surface area contributed by atoms with Gasteiger partial charge in [-0.2, -0.15) is 15.4 Å². The molecule has 76 valence electrons. The molecule has 1 atom stereocenters. The lowest BCUT2D eigenvalue weighted by atomic mass is 10.2. The molecule has 7 nitrogen and oxygen atoms in total. The summed E-state index contributed by atoms with van der Waals surface area (Å²) in [4.78, 5) is 21.6. The predicted octanol–water partition coefficient (Wildman–Crippen LogP) is -0.745. The van der Waals surface area contributed by atoms with Crippen molar-refractivity contribution < 1.29 is 14.7 Å². The van der Waals surface area contributed by atoms with E-state index in [0.29, 0.717) is 0 Å². The lowest BCUT2D eigenvalue weighted by molar-refractivity contribution is -0.140. The second-order valence-electron chi connectivity index (χ2n) is 2.80. The molecule has 0 aliphatic rings. The molecule has 1 heterocycles. The van der Waals surface area contributed by atoms with Crippen molar-refractivity contribution in [1.29, 1.82) is 0 Å². The van der Waals surface area contributed by atoms with Gasteiger partial charge in [0.05, 0.1) is 12.1 Å². The number of aromatic amines is 1. The quantitative estimate of drug-likeness (QED) is 0.590. The highest BCUT2D eigenvalue weighted by atomic mass is 16.4. The summed E-state index contributed by atoms with van der Waals surface area (Å²) < 4.78 is 0. The van der Waals surface area contributed by atoms with Gasteiger partial charge in [-0.15, -0.1) is 0 Å². The minimum absolute atomic E-state index is 0.0705. The first-order valence-electron chi connectivity index (χ1n) is 3.98. The molecule has 1 amide bonds. The molecule has 0 bridgehead atoms. The molecule has 14 heavy (non-hydrogen) atoms. The predicted molar refractivity (Wildman–Crippen MR) is 45.5 cm³/mol. The van der Waals surface area contributed by atoms with Crippen LogP contribution in [-0.2, 0) is 4.79 Å². The van der Waals surface area contributed by atoms with Crippen LogP contribution in [0.4, 0.5) is 0 Å². The van der Waals surface area contributed by atoms with Gasteiger partial charge in [0.2, 0.25) is 0 Å². The lowest BCUT2D eigenvalue weighted by Gasteiger charge is -2.06. The number of carbonyl (C=O) groups is 2. The first-order valence-corrected chi connectivity index (χ1v) is 3.98. The number of hydrogen-bond acceptors (Lipinski definition) is 4. The van der Waals surface area contributed by atoms with Crippen molar-refractivity contribution in [3.63, 3.8) is 0 Å². The highest BCUT2D eigenvalue weighted by Gasteiger charge is 2.14. The zero-order valence-electron chi connectivity index (χ0n) is 7.52. The molecule has 0 fully saturated rings. The van der Waals surface area contributed by atoms with Gasteiger partial charge in [0, 0.05) is 6.54 Å². The van der Waals surface area contributed by atoms with Crippen molar-refractivity contribution in [3.8, 4) is 0 Å². The molecule has 3 N–H and O–H groups in total. The Balaban J connectivity index is 2.40. The number of nitrogens with zero attached hydrogens (tertiary/aromatic N) is 2. The topological polar surface area (TPSA) is 108 Å². The number of carboxylic acids is 1. The Labute approximate surface area is 79.5 Å². The molecule has 7 heteroatoms. The van der Waals surface area contributed by atoms with E-state index in [1.54, 1.807) is 0 Å². The summed E-state index contributed by atoms with van der Waals surface area (Å²) in [5, 5.41) is 20.2. The molecular weight excluding hydrogens is 188 g/mol. The van der Waals surface area contributed by atoms with E-state index in [2.05, 4.69) is 20.7 Å². The lowest BCUT2D eigenvalue weighted by Crippen LogP contribution is -2.31. The second kappa shape index (κ2) is 4.35. The third kappa shape index (κ3) is 2.54. The molecule has 0 aliphatic carbocycles. The summed E-state index contributed by atoms with van der Waals surface area (Å²) in [6, 6.07) is 0. The smallest absolute Gasteiger partial charge is 0.308 e. The molecule has 1 unspecified atom stereocenters. The van der Waals surface area contributed by atoms with Crippen LogP contribution in [0.3, 0.4) is 0 Å². The molecular formula is C7H10N4O3. The zero-order chi connectivity index (χ0) is 10.6. The van der Waals surface area contributed by atoms with Crippen LogP contribution < -0.4 is 5.32 Å². The van der Waals surface area contributed by atoms with Crippen LogP contribution >= 0.6 is 0 Å². The molecule has 0 aliphatic heterocycles. The Morgan fingerprint density at radius 1 is 1.71 bits per heavy atom. The van der Waals surface area contributed by atoms with E-state index in [1.807, 2.05) is 0 Å². The van der Waals surface area contributed by atoms with Crippen LogP contribution in [0.25, 0.3) is 0 Å². The number of nitrogens with one attached hydrogen (secondary N) is 2. The normalized spacial score (nSPS) is 12.1. The van der Waals surface area contributed by atoms with E-state index in [9.17, 15) is 9.59 Å². The Hall–Kier alpha value is -1.92. The highest BCUT2D eigenvalue weighted by Crippen LogP contribution is 1.93. The molecule has 0 radical (unpaired) electrons. The molecule has 1 aromatic heterocycles. The van der Waals surface area contributed by atoms with Crippen molar-refractivity contribution >= 4 is 11.9 Å². The fourth-order valence-electron chi connectivity index (χ4n) is 0.735. The van der Waals surface area contributed by atoms with Crippen LogP contribution in [0, 0.1) is 5.92 Å². The summed E-state index contributed by atoms with van der Waals surface area (Å²) in [6.07, 6.45) is 1.26. The first-order chi connectivity index (χ1) is 6.61. The number of carbonyl (C=O) groups excluding carboxylic acids is 1. The van der Waals surface area contributed by atoms with Crippen molar-refractivity contribution in [2.24, 2.45) is 5.92 Å². The Morgan fingerprint density at radius 2 is 2.43 bits per heavy atom. The number of carboxylic acid groups (broad SMARTS) is 1. The van der Waals surface area contributed by atoms with Gasteiger partial charge in [0.1, 0.15) is 0 Å². The first kappa shape index (κ1) is 10.2. The Morgan fingerprint density at radius 3 is 2.93 bits per heavy atom. The zero-order valence-corrected chi connectivity index (χ0v) is 7.52. The van der Waals surface area contributed by atoms with Crippen molar-refractivity contribution in [2.75, 3.05) is 6.54 Å². The number of aromatic nitrogens is 3. The van der Waals surface area contributed by atoms with Gasteiger partial charge in [0.15, 0.2) is 5.69 Å². The van der Waals surface area contributed by atoms with E-state index < -0.39 is 17.8 Å². The van der Waals surface area contributed by atoms with Crippen LogP contribution in [-0.4, -0.2) is 38.9 Å². The van der Waals surface area contributed by atoms with Gasteiger partial charge >= 0.3 is 5.97 Å². The van der Waals surface area contributed by atoms with Gasteiger partial charge in [0.25, 0.3) is 5.91 Å². The number of hydrogen-bond donors (Lipinski definition) is 3. The average molecular weight is 198 g/mol. The molecule has 0 saturated carbocycles. The maximum absolute atomic E-state index is 11.2. The Bertz CT molecular complexity index is 322. The summed E-state index contributed by atoms with van der Waals surface area (Å²) in [7, 11) is 0. The van der Waals surface area contributed by atoms with Gasteiger partial charge in [-0.1, -0.05) is 6.92 Å². The molecule has 1 aromatic rings. The highest BCUT2D eigenvalue weighted by molar-refractivity contribution is 5.92. The third-order valence-electron chi connectivity index (χ3n) is 1.64. The van der Waals surface area contributed by atoms with Crippen molar-refractivity contribution in [3.05, 3.63) is 11.9 Å². The maximum atomic E-state index is 11.2. The summed E-state index contributed by atoms with van der Waals surface area (Å²) >= 11 is 0. The molecule has 0 aromatic carbocycles. The van der Waals surface area contributed by atoms with Gasteiger partial charge in [-0.3, -0.25) is 9.59 Å². The fourth-order valence-corrected chi connectivity index (χ4v) is 0.735. The molecule has 0 spiro atoms. The van der Waals surface area contributed by atoms with Gasteiger partial charge in [-0.25, -0.2) is 0 Å². The largest absolute Gasteiger partial charge is 0.481 e. The van der Waals surface area contributed by atoms with Crippen LogP contribution in [0.1, 0.15) is 17.4 Å². The number of aliphatic carboxylic acids is 1. The van der Waals surface area contributed by atoms with E-state index in [4.69, 9.17) is 5.11 Å². The van der Waals surface area contributed by atoms with Crippen molar-refractivity contribution in [1.82, 2.24) is 20.7 Å². The summed E-state index contributed by atoms with van der Waals surface area (Å²) in [6.45, 7) is 1.58. The number of H-pyrrole nitrogens is 1. The standard InChI is InChI=1S/C7H10N4O3/c1-4(7(13)14)2-8-6(12)5-3-9-11-10-5/h3-4H,2H2,1H3,(H,8,12)(H,13,14)(H,9,10,11). The molecule has 0 saturated heterocycles. The van der Waals surface area contributed by atoms with Crippen molar-refractivity contribution in [2.45, 2.75) is 6.92 Å². The number of amides is 1. The van der Waals surface area contributed by atoms with E-state index in [0.717, 1.165) is 0 Å². The van der Waals surface area contributed by atoms with Crippen LogP contribution in [0.15, 0.2) is 6.20 Å². The van der Waals surface area contributed by atoms with Crippen LogP contribution in [0.5, 0.6) is 0 Å². The molecule has 1 rings (SSSR count). The monoisotopic (exact) mass is 198 g/mol. The van der Waals surface area contributed by atoms with Gasteiger partial charge < -0.3 is 10.4 Å². The maximum Gasteiger partial charge on any atom is 0.308 e. The minimum atomic E-state index is -0.953. The fraction of sp³-hybridized carbons (Fsp3) is 0.429. The average Bonchev–Trinajstić information content (AvgIpc) is 2.66. The SMILES string of the molecule is CC(CNC(=O)c1cn[nH]n1)C(=O)O. The van der Waals surface area contributed by atoms with E-state index in [-0.39, 0.29) is 12.2 Å². The third-order valence-corrected chi connectivity index (χ3v) is 1.64. The van der Waals surface area contributed by atoms with Crippen LogP contribution in [0.2, 0.25) is 0 Å². The summed E-state index contributed by atoms with van der Waals surface area (Å²) in [5.74, 6) is -2.01.